The van der Waals surface area contributed by atoms with Crippen LogP contribution in [0.25, 0.3) is 0 Å². The molecule has 1 fully saturated rings. The van der Waals surface area contributed by atoms with Crippen molar-refractivity contribution in [2.75, 3.05) is 44.7 Å². The van der Waals surface area contributed by atoms with Gasteiger partial charge >= 0.3 is 11.8 Å². The molecule has 21 heavy (non-hydrogen) atoms. The maximum atomic E-state index is 11.7. The minimum absolute atomic E-state index is 0.458. The number of ether oxygens (including phenoxy) is 1. The third kappa shape index (κ3) is 5.17. The number of benzene rings is 1. The molecule has 114 valence electrons. The van der Waals surface area contributed by atoms with Crippen LogP contribution in [0.5, 0.6) is 0 Å². The Bertz CT molecular complexity index is 481. The fraction of sp³-hybridized carbons (Fsp3) is 0.467. The van der Waals surface area contributed by atoms with Gasteiger partial charge in [-0.25, -0.2) is 0 Å². The lowest BCUT2D eigenvalue weighted by atomic mass is 10.2. The summed E-state index contributed by atoms with van der Waals surface area (Å²) in [7, 11) is 0. The Balaban J connectivity index is 1.69. The molecule has 0 radical (unpaired) electrons. The summed E-state index contributed by atoms with van der Waals surface area (Å²) in [5.41, 5.74) is 1.72. The zero-order valence-corrected chi connectivity index (χ0v) is 12.2. The molecular weight excluding hydrogens is 270 g/mol. The van der Waals surface area contributed by atoms with Gasteiger partial charge in [0.2, 0.25) is 0 Å². The first-order valence-corrected chi connectivity index (χ1v) is 7.11. The Morgan fingerprint density at radius 2 is 1.81 bits per heavy atom. The topological polar surface area (TPSA) is 70.7 Å². The zero-order valence-electron chi connectivity index (χ0n) is 12.2. The van der Waals surface area contributed by atoms with Crippen molar-refractivity contribution in [3.63, 3.8) is 0 Å². The number of nitrogens with zero attached hydrogens (tertiary/aromatic N) is 1. The second-order valence-corrected chi connectivity index (χ2v) is 5.03. The summed E-state index contributed by atoms with van der Waals surface area (Å²) in [5, 5.41) is 5.20. The normalized spacial score (nSPS) is 15.5. The van der Waals surface area contributed by atoms with Crippen LogP contribution in [-0.4, -0.2) is 56.1 Å². The highest BCUT2D eigenvalue weighted by Gasteiger charge is 2.14. The Kier molecular flexibility index (Phi) is 5.71. The first-order chi connectivity index (χ1) is 10.1. The van der Waals surface area contributed by atoms with Gasteiger partial charge < -0.3 is 15.4 Å². The highest BCUT2D eigenvalue weighted by atomic mass is 16.5. The van der Waals surface area contributed by atoms with E-state index in [1.807, 2.05) is 19.1 Å². The summed E-state index contributed by atoms with van der Waals surface area (Å²) in [6.07, 6.45) is 0. The summed E-state index contributed by atoms with van der Waals surface area (Å²) in [5.74, 6) is -1.25. The standard InChI is InChI=1S/C15H21N3O3/c1-12-2-4-13(5-3-12)17-15(20)14(19)16-6-7-18-8-10-21-11-9-18/h2-5H,6-11H2,1H3,(H,16,19)(H,17,20). The van der Waals surface area contributed by atoms with Crippen LogP contribution >= 0.6 is 0 Å². The van der Waals surface area contributed by atoms with Crippen molar-refractivity contribution in [2.24, 2.45) is 0 Å². The lowest BCUT2D eigenvalue weighted by Gasteiger charge is -2.26. The first kappa shape index (κ1) is 15.5. The maximum Gasteiger partial charge on any atom is 0.313 e. The SMILES string of the molecule is Cc1ccc(NC(=O)C(=O)NCCN2CCOCC2)cc1. The second-order valence-electron chi connectivity index (χ2n) is 5.03. The predicted molar refractivity (Wildman–Crippen MR) is 80.1 cm³/mol. The van der Waals surface area contributed by atoms with Crippen LogP contribution < -0.4 is 10.6 Å². The number of anilines is 1. The van der Waals surface area contributed by atoms with E-state index in [1.165, 1.54) is 0 Å². The lowest BCUT2D eigenvalue weighted by Crippen LogP contribution is -2.43. The van der Waals surface area contributed by atoms with Gasteiger partial charge in [0.15, 0.2) is 0 Å². The number of morpholine rings is 1. The van der Waals surface area contributed by atoms with E-state index in [0.29, 0.717) is 12.2 Å². The monoisotopic (exact) mass is 291 g/mol. The summed E-state index contributed by atoms with van der Waals surface area (Å²) >= 11 is 0. The fourth-order valence-corrected chi connectivity index (χ4v) is 2.06. The second kappa shape index (κ2) is 7.75. The molecule has 0 aromatic heterocycles. The maximum absolute atomic E-state index is 11.7. The van der Waals surface area contributed by atoms with Crippen LogP contribution in [0.1, 0.15) is 5.56 Å². The van der Waals surface area contributed by atoms with Crippen molar-refractivity contribution in [1.29, 1.82) is 0 Å². The molecule has 1 saturated heterocycles. The number of aryl methyl sites for hydroxylation is 1. The van der Waals surface area contributed by atoms with Crippen molar-refractivity contribution in [3.05, 3.63) is 29.8 Å². The van der Waals surface area contributed by atoms with Gasteiger partial charge in [-0.15, -0.1) is 0 Å². The number of hydrogen-bond acceptors (Lipinski definition) is 4. The van der Waals surface area contributed by atoms with E-state index in [4.69, 9.17) is 4.74 Å². The summed E-state index contributed by atoms with van der Waals surface area (Å²) in [6.45, 7) is 6.33. The molecule has 0 aliphatic carbocycles. The van der Waals surface area contributed by atoms with Gasteiger partial charge in [0.05, 0.1) is 13.2 Å². The molecule has 6 heteroatoms. The number of rotatable bonds is 4. The van der Waals surface area contributed by atoms with Crippen molar-refractivity contribution < 1.29 is 14.3 Å². The summed E-state index contributed by atoms with van der Waals surface area (Å²) < 4.78 is 5.25. The molecule has 0 saturated carbocycles. The first-order valence-electron chi connectivity index (χ1n) is 7.11. The molecule has 1 aliphatic heterocycles. The van der Waals surface area contributed by atoms with E-state index < -0.39 is 11.8 Å². The number of amides is 2. The number of carbonyl (C=O) groups is 2. The van der Waals surface area contributed by atoms with Crippen LogP contribution in [0.3, 0.4) is 0 Å². The molecule has 0 bridgehead atoms. The van der Waals surface area contributed by atoms with Gasteiger partial charge in [-0.3, -0.25) is 14.5 Å². The van der Waals surface area contributed by atoms with Crippen molar-refractivity contribution in [1.82, 2.24) is 10.2 Å². The fourth-order valence-electron chi connectivity index (χ4n) is 2.06. The Hall–Kier alpha value is -1.92. The van der Waals surface area contributed by atoms with Crippen LogP contribution in [-0.2, 0) is 14.3 Å². The van der Waals surface area contributed by atoms with Gasteiger partial charge in [-0.1, -0.05) is 17.7 Å². The highest BCUT2D eigenvalue weighted by molar-refractivity contribution is 6.39. The molecule has 0 atom stereocenters. The minimum Gasteiger partial charge on any atom is -0.379 e. The minimum atomic E-state index is -0.638. The van der Waals surface area contributed by atoms with Gasteiger partial charge in [-0.05, 0) is 19.1 Å². The third-order valence-electron chi connectivity index (χ3n) is 3.33. The molecule has 1 heterocycles. The van der Waals surface area contributed by atoms with E-state index in [-0.39, 0.29) is 0 Å². The summed E-state index contributed by atoms with van der Waals surface area (Å²) in [6, 6.07) is 7.31. The molecule has 1 aliphatic rings. The highest BCUT2D eigenvalue weighted by Crippen LogP contribution is 2.08. The van der Waals surface area contributed by atoms with Gasteiger partial charge in [0, 0.05) is 31.9 Å². The average Bonchev–Trinajstić information content (AvgIpc) is 2.50. The van der Waals surface area contributed by atoms with E-state index in [2.05, 4.69) is 15.5 Å². The molecule has 2 N–H and O–H groups in total. The number of hydrogen-bond donors (Lipinski definition) is 2. The predicted octanol–water partition coefficient (Wildman–Crippen LogP) is 0.382. The zero-order chi connectivity index (χ0) is 15.1. The smallest absolute Gasteiger partial charge is 0.313 e. The lowest BCUT2D eigenvalue weighted by molar-refractivity contribution is -0.136. The molecule has 1 aromatic rings. The quantitative estimate of drug-likeness (QED) is 0.787. The molecule has 2 amide bonds. The molecular formula is C15H21N3O3. The van der Waals surface area contributed by atoms with Gasteiger partial charge in [-0.2, -0.15) is 0 Å². The molecule has 0 unspecified atom stereocenters. The third-order valence-corrected chi connectivity index (χ3v) is 3.33. The molecule has 2 rings (SSSR count). The Morgan fingerprint density at radius 3 is 2.48 bits per heavy atom. The van der Waals surface area contributed by atoms with E-state index in [1.54, 1.807) is 12.1 Å². The molecule has 0 spiro atoms. The van der Waals surface area contributed by atoms with Gasteiger partial charge in [0.25, 0.3) is 0 Å². The van der Waals surface area contributed by atoms with Gasteiger partial charge in [0.1, 0.15) is 0 Å². The van der Waals surface area contributed by atoms with Crippen LogP contribution in [0.2, 0.25) is 0 Å². The van der Waals surface area contributed by atoms with E-state index in [9.17, 15) is 9.59 Å². The van der Waals surface area contributed by atoms with Crippen LogP contribution in [0.4, 0.5) is 5.69 Å². The van der Waals surface area contributed by atoms with Crippen molar-refractivity contribution in [3.8, 4) is 0 Å². The largest absolute Gasteiger partial charge is 0.379 e. The Morgan fingerprint density at radius 1 is 1.14 bits per heavy atom. The van der Waals surface area contributed by atoms with E-state index >= 15 is 0 Å². The van der Waals surface area contributed by atoms with Crippen LogP contribution in [0.15, 0.2) is 24.3 Å². The number of carbonyl (C=O) groups excluding carboxylic acids is 2. The van der Waals surface area contributed by atoms with Crippen molar-refractivity contribution >= 4 is 17.5 Å². The average molecular weight is 291 g/mol. The molecule has 1 aromatic carbocycles. The molecule has 6 nitrogen and oxygen atoms in total. The number of nitrogens with one attached hydrogen (secondary N) is 2. The van der Waals surface area contributed by atoms with E-state index in [0.717, 1.165) is 38.4 Å². The summed E-state index contributed by atoms with van der Waals surface area (Å²) in [4.78, 5) is 25.6. The Labute approximate surface area is 124 Å². The van der Waals surface area contributed by atoms with Crippen molar-refractivity contribution in [2.45, 2.75) is 6.92 Å². The van der Waals surface area contributed by atoms with Crippen LogP contribution in [0, 0.1) is 6.92 Å².